The predicted octanol–water partition coefficient (Wildman–Crippen LogP) is 1.77. The molecule has 1 saturated heterocycles. The Kier molecular flexibility index (Phi) is 4.65. The van der Waals surface area contributed by atoms with Crippen LogP contribution in [0.1, 0.15) is 32.9 Å². The van der Waals surface area contributed by atoms with Crippen LogP contribution in [-0.4, -0.2) is 35.3 Å². The number of pyridine rings is 1. The molecule has 3 unspecified atom stereocenters. The van der Waals surface area contributed by atoms with Gasteiger partial charge in [0.2, 0.25) is 10.0 Å². The van der Waals surface area contributed by atoms with Crippen molar-refractivity contribution in [2.75, 3.05) is 6.54 Å². The summed E-state index contributed by atoms with van der Waals surface area (Å²) in [6, 6.07) is 3.06. The zero-order valence-electron chi connectivity index (χ0n) is 12.5. The van der Waals surface area contributed by atoms with Gasteiger partial charge in [0.15, 0.2) is 0 Å². The Hall–Kier alpha value is -1.05. The number of piperidine rings is 1. The summed E-state index contributed by atoms with van der Waals surface area (Å²) in [6.07, 6.45) is 2.53. The van der Waals surface area contributed by atoms with Gasteiger partial charge in [-0.15, -0.1) is 0 Å². The van der Waals surface area contributed by atoms with Crippen LogP contribution >= 0.6 is 12.2 Å². The average Bonchev–Trinajstić information content (AvgIpc) is 2.42. The molecule has 5 nitrogen and oxygen atoms in total. The number of hydrogen-bond donors (Lipinski definition) is 1. The maximum Gasteiger partial charge on any atom is 0.245 e. The molecular formula is C14H21N3O2S2. The van der Waals surface area contributed by atoms with Gasteiger partial charge in [0.25, 0.3) is 0 Å². The Bertz CT molecular complexity index is 645. The topological polar surface area (TPSA) is 76.3 Å². The van der Waals surface area contributed by atoms with E-state index in [0.717, 1.165) is 6.42 Å². The highest BCUT2D eigenvalue weighted by atomic mass is 32.2. The number of rotatable bonds is 3. The summed E-state index contributed by atoms with van der Waals surface area (Å²) in [6.45, 7) is 6.62. The lowest BCUT2D eigenvalue weighted by molar-refractivity contribution is 0.157. The van der Waals surface area contributed by atoms with Gasteiger partial charge in [-0.3, -0.25) is 4.98 Å². The lowest BCUT2D eigenvalue weighted by Crippen LogP contribution is -2.49. The van der Waals surface area contributed by atoms with E-state index in [4.69, 9.17) is 18.0 Å². The molecule has 7 heteroatoms. The van der Waals surface area contributed by atoms with Gasteiger partial charge in [0.1, 0.15) is 15.6 Å². The Labute approximate surface area is 131 Å². The van der Waals surface area contributed by atoms with Crippen molar-refractivity contribution in [3.8, 4) is 0 Å². The highest BCUT2D eigenvalue weighted by molar-refractivity contribution is 7.89. The van der Waals surface area contributed by atoms with Crippen LogP contribution in [0.4, 0.5) is 0 Å². The van der Waals surface area contributed by atoms with E-state index in [0.29, 0.717) is 18.4 Å². The van der Waals surface area contributed by atoms with Gasteiger partial charge in [0, 0.05) is 18.8 Å². The van der Waals surface area contributed by atoms with E-state index in [2.05, 4.69) is 18.8 Å². The molecule has 0 amide bonds. The Morgan fingerprint density at radius 3 is 2.71 bits per heavy atom. The van der Waals surface area contributed by atoms with E-state index >= 15 is 0 Å². The first-order chi connectivity index (χ1) is 9.75. The van der Waals surface area contributed by atoms with Crippen LogP contribution in [0.5, 0.6) is 0 Å². The van der Waals surface area contributed by atoms with Gasteiger partial charge in [-0.1, -0.05) is 26.1 Å². The summed E-state index contributed by atoms with van der Waals surface area (Å²) < 4.78 is 27.5. The second kappa shape index (κ2) is 5.98. The molecule has 1 aromatic heterocycles. The van der Waals surface area contributed by atoms with Crippen LogP contribution in [0.25, 0.3) is 0 Å². The molecule has 0 spiro atoms. The average molecular weight is 327 g/mol. The number of sulfonamides is 1. The highest BCUT2D eigenvalue weighted by Crippen LogP contribution is 2.32. The van der Waals surface area contributed by atoms with E-state index in [-0.39, 0.29) is 21.6 Å². The molecule has 0 saturated carbocycles. The van der Waals surface area contributed by atoms with Crippen LogP contribution in [0.2, 0.25) is 0 Å². The van der Waals surface area contributed by atoms with E-state index in [1.807, 2.05) is 6.92 Å². The third-order valence-corrected chi connectivity index (χ3v) is 6.31. The second-order valence-electron chi connectivity index (χ2n) is 5.85. The second-order valence-corrected chi connectivity index (χ2v) is 8.15. The van der Waals surface area contributed by atoms with Crippen LogP contribution in [0, 0.1) is 11.8 Å². The van der Waals surface area contributed by atoms with Gasteiger partial charge in [0.05, 0.1) is 0 Å². The molecule has 2 N–H and O–H groups in total. The zero-order chi connectivity index (χ0) is 15.8. The molecule has 0 radical (unpaired) electrons. The maximum atomic E-state index is 13.0. The lowest BCUT2D eigenvalue weighted by atomic mass is 9.88. The SMILES string of the molecule is CC1CC(C)C(C)N(S(=O)(=O)c2cccnc2C(N)=S)C1. The number of aromatic nitrogens is 1. The molecule has 1 aliphatic heterocycles. The number of nitrogens with zero attached hydrogens (tertiary/aromatic N) is 2. The monoisotopic (exact) mass is 327 g/mol. The van der Waals surface area contributed by atoms with Crippen LogP contribution in [-0.2, 0) is 10.0 Å². The van der Waals surface area contributed by atoms with Gasteiger partial charge in [-0.2, -0.15) is 4.31 Å². The first kappa shape index (κ1) is 16.3. The molecule has 116 valence electrons. The van der Waals surface area contributed by atoms with Crippen LogP contribution in [0.3, 0.4) is 0 Å². The summed E-state index contributed by atoms with van der Waals surface area (Å²) in [5.41, 5.74) is 5.79. The maximum absolute atomic E-state index is 13.0. The van der Waals surface area contributed by atoms with Crippen molar-refractivity contribution in [1.29, 1.82) is 0 Å². The number of hydrogen-bond acceptors (Lipinski definition) is 4. The molecule has 2 heterocycles. The van der Waals surface area contributed by atoms with E-state index in [1.54, 1.807) is 10.4 Å². The summed E-state index contributed by atoms with van der Waals surface area (Å²) in [5, 5.41) is 0. The van der Waals surface area contributed by atoms with Crippen molar-refractivity contribution in [2.45, 2.75) is 38.1 Å². The smallest absolute Gasteiger partial charge is 0.245 e. The van der Waals surface area contributed by atoms with Crippen molar-refractivity contribution in [2.24, 2.45) is 17.6 Å². The van der Waals surface area contributed by atoms with Gasteiger partial charge >= 0.3 is 0 Å². The van der Waals surface area contributed by atoms with Gasteiger partial charge in [-0.25, -0.2) is 8.42 Å². The van der Waals surface area contributed by atoms with Crippen LogP contribution < -0.4 is 5.73 Å². The van der Waals surface area contributed by atoms with E-state index < -0.39 is 10.0 Å². The number of nitrogens with two attached hydrogens (primary N) is 1. The number of thiocarbonyl (C=S) groups is 1. The molecule has 21 heavy (non-hydrogen) atoms. The van der Waals surface area contributed by atoms with Crippen molar-refractivity contribution in [3.05, 3.63) is 24.0 Å². The van der Waals surface area contributed by atoms with E-state index in [1.165, 1.54) is 12.3 Å². The minimum atomic E-state index is -3.65. The quantitative estimate of drug-likeness (QED) is 0.856. The largest absolute Gasteiger partial charge is 0.388 e. The minimum Gasteiger partial charge on any atom is -0.388 e. The standard InChI is InChI=1S/C14H21N3O2S2/c1-9-7-10(2)11(3)17(8-9)21(18,19)12-5-4-6-16-13(12)14(15)20/h4-6,9-11H,7-8H2,1-3H3,(H2,15,20). The summed E-state index contributed by atoms with van der Waals surface area (Å²) in [7, 11) is -3.65. The first-order valence-corrected chi connectivity index (χ1v) is 8.86. The van der Waals surface area contributed by atoms with Gasteiger partial charge < -0.3 is 5.73 Å². The molecule has 1 fully saturated rings. The fraction of sp³-hybridized carbons (Fsp3) is 0.571. The Morgan fingerprint density at radius 1 is 1.43 bits per heavy atom. The predicted molar refractivity (Wildman–Crippen MR) is 86.4 cm³/mol. The van der Waals surface area contributed by atoms with E-state index in [9.17, 15) is 8.42 Å². The zero-order valence-corrected chi connectivity index (χ0v) is 14.1. The highest BCUT2D eigenvalue weighted by Gasteiger charge is 2.38. The molecular weight excluding hydrogens is 306 g/mol. The fourth-order valence-electron chi connectivity index (χ4n) is 2.89. The summed E-state index contributed by atoms with van der Waals surface area (Å²) in [5.74, 6) is 0.643. The van der Waals surface area contributed by atoms with Gasteiger partial charge in [-0.05, 0) is 37.3 Å². The molecule has 3 atom stereocenters. The molecule has 1 aromatic rings. The molecule has 0 aliphatic carbocycles. The van der Waals surface area contributed by atoms with Crippen molar-refractivity contribution < 1.29 is 8.42 Å². The minimum absolute atomic E-state index is 0.0000607. The molecule has 0 bridgehead atoms. The third kappa shape index (κ3) is 3.09. The normalized spacial score (nSPS) is 27.5. The van der Waals surface area contributed by atoms with Crippen molar-refractivity contribution >= 4 is 27.2 Å². The molecule has 0 aromatic carbocycles. The Balaban J connectivity index is 2.49. The fourth-order valence-corrected chi connectivity index (χ4v) is 5.12. The van der Waals surface area contributed by atoms with Crippen molar-refractivity contribution in [3.63, 3.8) is 0 Å². The molecule has 2 rings (SSSR count). The summed E-state index contributed by atoms with van der Waals surface area (Å²) >= 11 is 4.93. The first-order valence-electron chi connectivity index (χ1n) is 7.01. The van der Waals surface area contributed by atoms with Crippen LogP contribution in [0.15, 0.2) is 23.2 Å². The summed E-state index contributed by atoms with van der Waals surface area (Å²) in [4.78, 5) is 4.13. The lowest BCUT2D eigenvalue weighted by Gasteiger charge is -2.40. The molecule has 1 aliphatic rings. The Morgan fingerprint density at radius 2 is 2.10 bits per heavy atom. The van der Waals surface area contributed by atoms with Crippen molar-refractivity contribution in [1.82, 2.24) is 9.29 Å². The third-order valence-electron chi connectivity index (χ3n) is 4.13.